The van der Waals surface area contributed by atoms with E-state index >= 15 is 0 Å². The maximum atomic E-state index is 13.9. The molecule has 0 amide bonds. The molecule has 0 aliphatic heterocycles. The van der Waals surface area contributed by atoms with Crippen molar-refractivity contribution in [3.63, 3.8) is 0 Å². The molecule has 1 N–H and O–H groups in total. The van der Waals surface area contributed by atoms with Gasteiger partial charge in [0.15, 0.2) is 0 Å². The van der Waals surface area contributed by atoms with Crippen molar-refractivity contribution >= 4 is 5.69 Å². The van der Waals surface area contributed by atoms with Gasteiger partial charge in [-0.1, -0.05) is 30.3 Å². The van der Waals surface area contributed by atoms with Crippen LogP contribution in [-0.2, 0) is 0 Å². The van der Waals surface area contributed by atoms with Crippen molar-refractivity contribution in [1.29, 1.82) is 0 Å². The molecule has 106 valence electrons. The molecule has 0 bridgehead atoms. The van der Waals surface area contributed by atoms with E-state index in [2.05, 4.69) is 5.32 Å². The van der Waals surface area contributed by atoms with Gasteiger partial charge in [0.25, 0.3) is 0 Å². The highest BCUT2D eigenvalue weighted by molar-refractivity contribution is 5.54. The lowest BCUT2D eigenvalue weighted by Crippen LogP contribution is -2.11. The zero-order valence-electron chi connectivity index (χ0n) is 12.1. The lowest BCUT2D eigenvalue weighted by Gasteiger charge is -2.20. The minimum atomic E-state index is -0.231. The SMILES string of the molecule is CCOc1ccccc1C(C)Nc1c(C)cccc1F. The summed E-state index contributed by atoms with van der Waals surface area (Å²) < 4.78 is 19.5. The van der Waals surface area contributed by atoms with Crippen LogP contribution in [0.4, 0.5) is 10.1 Å². The Labute approximate surface area is 119 Å². The normalized spacial score (nSPS) is 12.0. The molecule has 1 unspecified atom stereocenters. The molecule has 0 heterocycles. The topological polar surface area (TPSA) is 21.3 Å². The molecule has 0 saturated carbocycles. The monoisotopic (exact) mass is 273 g/mol. The number of nitrogens with one attached hydrogen (secondary N) is 1. The van der Waals surface area contributed by atoms with Gasteiger partial charge in [-0.3, -0.25) is 0 Å². The van der Waals surface area contributed by atoms with Gasteiger partial charge >= 0.3 is 0 Å². The fourth-order valence-corrected chi connectivity index (χ4v) is 2.23. The van der Waals surface area contributed by atoms with E-state index in [1.165, 1.54) is 6.07 Å². The molecule has 1 atom stereocenters. The van der Waals surface area contributed by atoms with Gasteiger partial charge < -0.3 is 10.1 Å². The lowest BCUT2D eigenvalue weighted by molar-refractivity contribution is 0.335. The molecule has 2 rings (SSSR count). The van der Waals surface area contributed by atoms with Gasteiger partial charge in [-0.05, 0) is 38.5 Å². The zero-order valence-corrected chi connectivity index (χ0v) is 12.1. The maximum Gasteiger partial charge on any atom is 0.146 e. The van der Waals surface area contributed by atoms with Crippen LogP contribution in [-0.4, -0.2) is 6.61 Å². The average Bonchev–Trinajstić information content (AvgIpc) is 2.44. The van der Waals surface area contributed by atoms with E-state index in [-0.39, 0.29) is 11.9 Å². The first kappa shape index (κ1) is 14.4. The highest BCUT2D eigenvalue weighted by atomic mass is 19.1. The van der Waals surface area contributed by atoms with Crippen LogP contribution in [0.25, 0.3) is 0 Å². The Kier molecular flexibility index (Phi) is 4.61. The first-order valence-electron chi connectivity index (χ1n) is 6.86. The second kappa shape index (κ2) is 6.42. The van der Waals surface area contributed by atoms with Crippen LogP contribution >= 0.6 is 0 Å². The largest absolute Gasteiger partial charge is 0.494 e. The van der Waals surface area contributed by atoms with Crippen molar-refractivity contribution in [3.05, 3.63) is 59.4 Å². The summed E-state index contributed by atoms with van der Waals surface area (Å²) in [6.45, 7) is 6.47. The second-order valence-corrected chi connectivity index (χ2v) is 4.77. The summed E-state index contributed by atoms with van der Waals surface area (Å²) in [5.41, 5.74) is 2.47. The van der Waals surface area contributed by atoms with Crippen molar-refractivity contribution in [2.75, 3.05) is 11.9 Å². The summed E-state index contributed by atoms with van der Waals surface area (Å²) in [7, 11) is 0. The first-order valence-corrected chi connectivity index (χ1v) is 6.86. The minimum absolute atomic E-state index is 0.0339. The van der Waals surface area contributed by atoms with E-state index in [4.69, 9.17) is 4.74 Å². The van der Waals surface area contributed by atoms with Crippen LogP contribution in [0, 0.1) is 12.7 Å². The molecule has 0 fully saturated rings. The standard InChI is InChI=1S/C17H20FNO/c1-4-20-16-11-6-5-9-14(16)13(3)19-17-12(2)8-7-10-15(17)18/h5-11,13,19H,4H2,1-3H3. The molecule has 0 aromatic heterocycles. The van der Waals surface area contributed by atoms with Gasteiger partial charge in [0.05, 0.1) is 18.3 Å². The summed E-state index contributed by atoms with van der Waals surface area (Å²) in [5, 5.41) is 3.24. The fourth-order valence-electron chi connectivity index (χ4n) is 2.23. The fraction of sp³-hybridized carbons (Fsp3) is 0.294. The predicted octanol–water partition coefficient (Wildman–Crippen LogP) is 4.71. The molecule has 2 aromatic carbocycles. The number of benzene rings is 2. The Balaban J connectivity index is 2.26. The van der Waals surface area contributed by atoms with E-state index in [0.717, 1.165) is 16.9 Å². The Hall–Kier alpha value is -2.03. The van der Waals surface area contributed by atoms with Gasteiger partial charge in [-0.15, -0.1) is 0 Å². The van der Waals surface area contributed by atoms with Crippen LogP contribution in [0.1, 0.15) is 31.0 Å². The third-order valence-corrected chi connectivity index (χ3v) is 3.27. The zero-order chi connectivity index (χ0) is 14.5. The van der Waals surface area contributed by atoms with E-state index in [0.29, 0.717) is 12.3 Å². The molecule has 2 nitrogen and oxygen atoms in total. The molecule has 0 radical (unpaired) electrons. The van der Waals surface area contributed by atoms with Crippen LogP contribution in [0.5, 0.6) is 5.75 Å². The molecular weight excluding hydrogens is 253 g/mol. The molecule has 0 aliphatic carbocycles. The number of halogens is 1. The molecular formula is C17H20FNO. The Morgan fingerprint density at radius 1 is 1.15 bits per heavy atom. The smallest absolute Gasteiger partial charge is 0.146 e. The molecule has 0 aliphatic rings. The number of hydrogen-bond acceptors (Lipinski definition) is 2. The molecule has 20 heavy (non-hydrogen) atoms. The van der Waals surface area contributed by atoms with E-state index in [9.17, 15) is 4.39 Å². The van der Waals surface area contributed by atoms with Gasteiger partial charge in [0, 0.05) is 5.56 Å². The summed E-state index contributed by atoms with van der Waals surface area (Å²) in [6.07, 6.45) is 0. The number of aryl methyl sites for hydroxylation is 1. The highest BCUT2D eigenvalue weighted by Crippen LogP contribution is 2.29. The number of hydrogen-bond donors (Lipinski definition) is 1. The van der Waals surface area contributed by atoms with Gasteiger partial charge in [-0.2, -0.15) is 0 Å². The second-order valence-electron chi connectivity index (χ2n) is 4.77. The quantitative estimate of drug-likeness (QED) is 0.852. The number of para-hydroxylation sites is 2. The summed E-state index contributed by atoms with van der Waals surface area (Å²) >= 11 is 0. The van der Waals surface area contributed by atoms with Crippen LogP contribution in [0.15, 0.2) is 42.5 Å². The Morgan fingerprint density at radius 3 is 2.60 bits per heavy atom. The van der Waals surface area contributed by atoms with Crippen molar-refractivity contribution in [2.45, 2.75) is 26.8 Å². The van der Waals surface area contributed by atoms with Gasteiger partial charge in [-0.25, -0.2) is 4.39 Å². The van der Waals surface area contributed by atoms with Crippen molar-refractivity contribution in [2.24, 2.45) is 0 Å². The minimum Gasteiger partial charge on any atom is -0.494 e. The van der Waals surface area contributed by atoms with Crippen molar-refractivity contribution in [1.82, 2.24) is 0 Å². The van der Waals surface area contributed by atoms with Crippen LogP contribution in [0.3, 0.4) is 0 Å². The van der Waals surface area contributed by atoms with E-state index in [1.807, 2.05) is 51.1 Å². The molecule has 0 saturated heterocycles. The summed E-state index contributed by atoms with van der Waals surface area (Å²) in [4.78, 5) is 0. The molecule has 3 heteroatoms. The van der Waals surface area contributed by atoms with Gasteiger partial charge in [0.1, 0.15) is 11.6 Å². The van der Waals surface area contributed by atoms with Gasteiger partial charge in [0.2, 0.25) is 0 Å². The Bertz CT molecular complexity index is 563. The lowest BCUT2D eigenvalue weighted by atomic mass is 10.1. The van der Waals surface area contributed by atoms with E-state index in [1.54, 1.807) is 6.07 Å². The van der Waals surface area contributed by atoms with E-state index < -0.39 is 0 Å². The first-order chi connectivity index (χ1) is 9.63. The van der Waals surface area contributed by atoms with Crippen LogP contribution < -0.4 is 10.1 Å². The number of rotatable bonds is 5. The van der Waals surface area contributed by atoms with Crippen molar-refractivity contribution in [3.8, 4) is 5.75 Å². The predicted molar refractivity (Wildman–Crippen MR) is 80.8 cm³/mol. The third kappa shape index (κ3) is 3.10. The average molecular weight is 273 g/mol. The Morgan fingerprint density at radius 2 is 1.90 bits per heavy atom. The highest BCUT2D eigenvalue weighted by Gasteiger charge is 2.14. The number of ether oxygens (including phenoxy) is 1. The summed E-state index contributed by atoms with van der Waals surface area (Å²) in [5.74, 6) is 0.606. The summed E-state index contributed by atoms with van der Waals surface area (Å²) in [6, 6.07) is 12.9. The van der Waals surface area contributed by atoms with Crippen molar-refractivity contribution < 1.29 is 9.13 Å². The van der Waals surface area contributed by atoms with Crippen LogP contribution in [0.2, 0.25) is 0 Å². The molecule has 0 spiro atoms. The maximum absolute atomic E-state index is 13.9. The molecule has 2 aromatic rings. The number of anilines is 1. The third-order valence-electron chi connectivity index (χ3n) is 3.27.